The Kier molecular flexibility index (Phi) is 12.5. The van der Waals surface area contributed by atoms with Crippen molar-refractivity contribution >= 4 is 7.75 Å². The van der Waals surface area contributed by atoms with E-state index in [-0.39, 0.29) is 0 Å². The molecule has 0 aliphatic rings. The predicted octanol–water partition coefficient (Wildman–Crippen LogP) is 0.779. The number of hydrogen-bond acceptors (Lipinski definition) is 7. The van der Waals surface area contributed by atoms with Gasteiger partial charge in [-0.1, -0.05) is 27.7 Å². The zero-order chi connectivity index (χ0) is 16.1. The van der Waals surface area contributed by atoms with E-state index in [0.717, 1.165) is 26.2 Å². The highest BCUT2D eigenvalue weighted by Crippen LogP contribution is 2.40. The fourth-order valence-corrected chi connectivity index (χ4v) is 2.68. The molecule has 0 atom stereocenters. The number of nitrogens with two attached hydrogens (primary N) is 1. The molecule has 0 unspecified atom stereocenters. The van der Waals surface area contributed by atoms with E-state index in [1.807, 2.05) is 27.7 Å². The van der Waals surface area contributed by atoms with Crippen molar-refractivity contribution < 1.29 is 13.8 Å². The molecular weight excluding hydrogens is 293 g/mol. The average Bonchev–Trinajstić information content (AvgIpc) is 2.45. The van der Waals surface area contributed by atoms with E-state index in [1.54, 1.807) is 10.1 Å². The maximum absolute atomic E-state index is 12.2. The topological polar surface area (TPSA) is 92.1 Å². The molecule has 0 bridgehead atoms. The molecule has 0 radical (unpaired) electrons. The van der Waals surface area contributed by atoms with Crippen LogP contribution in [0.2, 0.25) is 0 Å². The summed E-state index contributed by atoms with van der Waals surface area (Å²) < 4.78 is 22.9. The van der Waals surface area contributed by atoms with Gasteiger partial charge in [-0.05, 0) is 13.1 Å². The van der Waals surface area contributed by atoms with Crippen LogP contribution < -0.4 is 16.1 Å². The van der Waals surface area contributed by atoms with Gasteiger partial charge < -0.3 is 10.6 Å². The fraction of sp³-hybridized carbons (Fsp3) is 1.00. The minimum Gasteiger partial charge on any atom is -0.316 e. The van der Waals surface area contributed by atoms with Crippen molar-refractivity contribution in [2.75, 3.05) is 52.4 Å². The number of hydroxylamine groups is 4. The first-order valence-electron chi connectivity index (χ1n) is 7.68. The van der Waals surface area contributed by atoms with Gasteiger partial charge in [-0.15, -0.1) is 0 Å². The number of likely N-dealkylation sites (N-methyl/N-ethyl adjacent to an activating group) is 4. The summed E-state index contributed by atoms with van der Waals surface area (Å²) >= 11 is 0. The molecule has 8 nitrogen and oxygen atoms in total. The van der Waals surface area contributed by atoms with Crippen LogP contribution in [0.25, 0.3) is 0 Å². The van der Waals surface area contributed by atoms with Crippen LogP contribution in [-0.4, -0.2) is 62.5 Å². The van der Waals surface area contributed by atoms with Crippen LogP contribution in [0.3, 0.4) is 0 Å². The smallest absolute Gasteiger partial charge is 0.316 e. The van der Waals surface area contributed by atoms with Crippen molar-refractivity contribution in [1.82, 2.24) is 20.8 Å². The Morgan fingerprint density at radius 1 is 0.905 bits per heavy atom. The third-order valence-electron chi connectivity index (χ3n) is 2.74. The second kappa shape index (κ2) is 12.5. The van der Waals surface area contributed by atoms with Gasteiger partial charge in [0.25, 0.3) is 0 Å². The lowest BCUT2D eigenvalue weighted by Gasteiger charge is -2.27. The highest BCUT2D eigenvalue weighted by Gasteiger charge is 2.26. The Bertz CT molecular complexity index is 272. The van der Waals surface area contributed by atoms with Gasteiger partial charge in [0.2, 0.25) is 0 Å². The first kappa shape index (κ1) is 20.9. The summed E-state index contributed by atoms with van der Waals surface area (Å²) in [7, 11) is -3.64. The number of nitrogens with one attached hydrogen (secondary N) is 2. The molecule has 0 fully saturated rings. The highest BCUT2D eigenvalue weighted by atomic mass is 31.2. The number of hydrogen-bond donors (Lipinski definition) is 3. The molecule has 0 aromatic heterocycles. The van der Waals surface area contributed by atoms with E-state index in [1.165, 1.54) is 0 Å². The zero-order valence-corrected chi connectivity index (χ0v) is 14.7. The van der Waals surface area contributed by atoms with Crippen molar-refractivity contribution in [3.63, 3.8) is 0 Å². The Hall–Kier alpha value is -0.0500. The summed E-state index contributed by atoms with van der Waals surface area (Å²) in [6.07, 6.45) is 0. The molecule has 4 N–H and O–H groups in total. The molecule has 0 aromatic carbocycles. The quantitative estimate of drug-likeness (QED) is 0.245. The van der Waals surface area contributed by atoms with E-state index >= 15 is 0 Å². The third kappa shape index (κ3) is 11.2. The molecule has 0 rings (SSSR count). The molecular formula is C12H32N5O3P. The molecule has 0 saturated carbocycles. The first-order chi connectivity index (χ1) is 9.99. The molecule has 21 heavy (non-hydrogen) atoms. The van der Waals surface area contributed by atoms with Crippen LogP contribution in [0.4, 0.5) is 0 Å². The molecule has 0 saturated heterocycles. The normalized spacial score (nSPS) is 12.5. The van der Waals surface area contributed by atoms with Gasteiger partial charge >= 0.3 is 7.75 Å². The van der Waals surface area contributed by atoms with Crippen LogP contribution in [0.1, 0.15) is 27.7 Å². The lowest BCUT2D eigenvalue weighted by atomic mass is 10.5. The summed E-state index contributed by atoms with van der Waals surface area (Å²) in [6.45, 7) is 13.5. The molecule has 128 valence electrons. The Morgan fingerprint density at radius 3 is 1.57 bits per heavy atom. The first-order valence-corrected chi connectivity index (χ1v) is 9.29. The van der Waals surface area contributed by atoms with Crippen molar-refractivity contribution in [3.05, 3.63) is 0 Å². The maximum atomic E-state index is 12.2. The van der Waals surface area contributed by atoms with Crippen LogP contribution in [0.15, 0.2) is 0 Å². The lowest BCUT2D eigenvalue weighted by molar-refractivity contribution is -0.118. The summed E-state index contributed by atoms with van der Waals surface area (Å²) in [5.41, 5.74) is 5.67. The van der Waals surface area contributed by atoms with Crippen LogP contribution >= 0.6 is 7.75 Å². The van der Waals surface area contributed by atoms with E-state index in [9.17, 15) is 4.57 Å². The minimum atomic E-state index is -3.64. The van der Waals surface area contributed by atoms with E-state index in [4.69, 9.17) is 14.8 Å². The van der Waals surface area contributed by atoms with Gasteiger partial charge in [0.1, 0.15) is 0 Å². The van der Waals surface area contributed by atoms with Crippen LogP contribution in [-0.2, 0) is 13.8 Å². The molecule has 0 heterocycles. The summed E-state index contributed by atoms with van der Waals surface area (Å²) in [5, 5.41) is 9.46. The summed E-state index contributed by atoms with van der Waals surface area (Å²) in [6, 6.07) is 0. The highest BCUT2D eigenvalue weighted by molar-refractivity contribution is 7.51. The predicted molar refractivity (Wildman–Crippen MR) is 85.5 cm³/mol. The third-order valence-corrected chi connectivity index (χ3v) is 3.66. The Balaban J connectivity index is 4.25. The summed E-state index contributed by atoms with van der Waals surface area (Å²) in [4.78, 5) is 0. The molecule has 0 aliphatic carbocycles. The van der Waals surface area contributed by atoms with Crippen LogP contribution in [0, 0.1) is 0 Å². The maximum Gasteiger partial charge on any atom is 0.436 e. The molecule has 0 spiro atoms. The average molecular weight is 325 g/mol. The van der Waals surface area contributed by atoms with Crippen molar-refractivity contribution in [1.29, 1.82) is 0 Å². The molecule has 9 heteroatoms. The van der Waals surface area contributed by atoms with Crippen molar-refractivity contribution in [2.45, 2.75) is 27.7 Å². The largest absolute Gasteiger partial charge is 0.436 e. The second-order valence-electron chi connectivity index (χ2n) is 4.45. The molecule has 0 amide bonds. The van der Waals surface area contributed by atoms with Gasteiger partial charge in [-0.25, -0.2) is 19.3 Å². The van der Waals surface area contributed by atoms with Crippen molar-refractivity contribution in [2.24, 2.45) is 5.50 Å². The van der Waals surface area contributed by atoms with Gasteiger partial charge in [0.05, 0.1) is 0 Å². The van der Waals surface area contributed by atoms with E-state index in [2.05, 4.69) is 10.6 Å². The standard InChI is InChI=1S/C12H32N5O3P/c1-5-14-9-11-16(7-3)19-21(13,18)20-17(8-4)12-10-15-6-2/h14-15H,5-12H2,1-4H3,(H2,13,18). The second-order valence-corrected chi connectivity index (χ2v) is 5.86. The SMILES string of the molecule is CCNCCN(CC)OP(N)(=O)ON(CC)CCNCC. The number of nitrogens with zero attached hydrogens (tertiary/aromatic N) is 2. The molecule has 0 aliphatic heterocycles. The van der Waals surface area contributed by atoms with Gasteiger partial charge in [-0.2, -0.15) is 10.1 Å². The zero-order valence-electron chi connectivity index (χ0n) is 13.8. The lowest BCUT2D eigenvalue weighted by Crippen LogP contribution is -2.35. The van der Waals surface area contributed by atoms with Crippen molar-refractivity contribution in [3.8, 4) is 0 Å². The van der Waals surface area contributed by atoms with E-state index in [0.29, 0.717) is 26.2 Å². The van der Waals surface area contributed by atoms with E-state index < -0.39 is 7.75 Å². The van der Waals surface area contributed by atoms with Gasteiger partial charge in [0.15, 0.2) is 0 Å². The fourth-order valence-electron chi connectivity index (χ4n) is 1.61. The van der Waals surface area contributed by atoms with Crippen LogP contribution in [0.5, 0.6) is 0 Å². The molecule has 0 aromatic rings. The van der Waals surface area contributed by atoms with Gasteiger partial charge in [-0.3, -0.25) is 0 Å². The Morgan fingerprint density at radius 2 is 1.29 bits per heavy atom. The number of rotatable bonds is 14. The monoisotopic (exact) mass is 325 g/mol. The van der Waals surface area contributed by atoms with Gasteiger partial charge in [0, 0.05) is 39.3 Å². The Labute approximate surface area is 128 Å². The summed E-state index contributed by atoms with van der Waals surface area (Å²) in [5.74, 6) is 0. The minimum absolute atomic E-state index is 0.583.